The van der Waals surface area contributed by atoms with E-state index in [1.165, 1.54) is 83.0 Å². The monoisotopic (exact) mass is 770 g/mol. The van der Waals surface area contributed by atoms with Crippen molar-refractivity contribution in [3.05, 3.63) is 217 Å². The Morgan fingerprint density at radius 2 is 1.23 bits per heavy atom. The average molecular weight is 771 g/mol. The molecule has 0 spiro atoms. The van der Waals surface area contributed by atoms with Gasteiger partial charge in [-0.25, -0.2) is 4.98 Å². The Morgan fingerprint density at radius 1 is 0.567 bits per heavy atom. The molecule has 1 aromatic heterocycles. The van der Waals surface area contributed by atoms with Gasteiger partial charge in [0.1, 0.15) is 5.82 Å². The van der Waals surface area contributed by atoms with E-state index in [-0.39, 0.29) is 5.92 Å². The third-order valence-corrected chi connectivity index (χ3v) is 12.8. The molecule has 7 aromatic carbocycles. The van der Waals surface area contributed by atoms with Gasteiger partial charge in [-0.2, -0.15) is 0 Å². The van der Waals surface area contributed by atoms with Gasteiger partial charge in [-0.3, -0.25) is 4.57 Å². The van der Waals surface area contributed by atoms with Crippen LogP contribution in [0.3, 0.4) is 0 Å². The molecule has 3 aliphatic carbocycles. The maximum absolute atomic E-state index is 5.27. The van der Waals surface area contributed by atoms with Crippen LogP contribution in [0.15, 0.2) is 194 Å². The first-order valence-electron chi connectivity index (χ1n) is 21.5. The first-order valence-corrected chi connectivity index (χ1v) is 21.5. The Hall–Kier alpha value is -7.03. The molecule has 0 bridgehead atoms. The van der Waals surface area contributed by atoms with Crippen LogP contribution in [-0.4, -0.2) is 9.55 Å². The highest BCUT2D eigenvalue weighted by molar-refractivity contribution is 6.21. The minimum absolute atomic E-state index is 0.246. The van der Waals surface area contributed by atoms with Crippen molar-refractivity contribution in [1.82, 2.24) is 9.55 Å². The summed E-state index contributed by atoms with van der Waals surface area (Å²) in [5, 5.41) is 5.09. The van der Waals surface area contributed by atoms with Crippen LogP contribution in [-0.2, 0) is 6.42 Å². The molecule has 0 amide bonds. The number of nitrogens with zero attached hydrogens (tertiary/aromatic N) is 2. The largest absolute Gasteiger partial charge is 0.300 e. The van der Waals surface area contributed by atoms with Crippen LogP contribution < -0.4 is 0 Å². The summed E-state index contributed by atoms with van der Waals surface area (Å²) in [4.78, 5) is 5.27. The third kappa shape index (κ3) is 6.31. The van der Waals surface area contributed by atoms with Crippen molar-refractivity contribution in [3.63, 3.8) is 0 Å². The Labute approximate surface area is 352 Å². The van der Waals surface area contributed by atoms with E-state index >= 15 is 0 Å². The van der Waals surface area contributed by atoms with E-state index in [9.17, 15) is 0 Å². The summed E-state index contributed by atoms with van der Waals surface area (Å²) in [6.45, 7) is 2.30. The van der Waals surface area contributed by atoms with Crippen molar-refractivity contribution in [2.45, 2.75) is 38.5 Å². The van der Waals surface area contributed by atoms with Crippen LogP contribution in [0.4, 0.5) is 0 Å². The maximum Gasteiger partial charge on any atom is 0.145 e. The molecule has 288 valence electrons. The molecule has 60 heavy (non-hydrogen) atoms. The summed E-state index contributed by atoms with van der Waals surface area (Å²) in [5.74, 6) is 1.77. The van der Waals surface area contributed by atoms with Gasteiger partial charge in [0, 0.05) is 17.2 Å². The standard InChI is InChI=1S/C58H46N2/c1-39-29-36-54-55(37-39)60(45-21-9-4-10-22-45)58(59-54)43-32-30-40(31-33-43)44-34-35-52-53(38-44)57(49-26-14-12-24-47(49)42-19-7-3-8-20-42)51-28-16-15-27-50(51)56(52)48-25-13-11-23-46(48)41-17-5-2-6-18-41/h2-9,11-21,23,25-36,38-39,47H,10,22,24,37H2,1H3. The lowest BCUT2D eigenvalue weighted by atomic mass is 9.76. The molecule has 2 unspecified atom stereocenters. The number of benzene rings is 7. The fourth-order valence-corrected chi connectivity index (χ4v) is 9.94. The zero-order valence-electron chi connectivity index (χ0n) is 33.9. The smallest absolute Gasteiger partial charge is 0.145 e. The van der Waals surface area contributed by atoms with Crippen molar-refractivity contribution in [2.75, 3.05) is 0 Å². The van der Waals surface area contributed by atoms with E-state index in [1.54, 1.807) is 0 Å². The van der Waals surface area contributed by atoms with Gasteiger partial charge in [-0.15, -0.1) is 0 Å². The lowest BCUT2D eigenvalue weighted by Gasteiger charge is -2.27. The van der Waals surface area contributed by atoms with Gasteiger partial charge in [-0.1, -0.05) is 189 Å². The molecule has 0 saturated carbocycles. The number of allylic oxidation sites excluding steroid dienone is 9. The highest BCUT2D eigenvalue weighted by Crippen LogP contribution is 2.49. The highest BCUT2D eigenvalue weighted by atomic mass is 15.1. The average Bonchev–Trinajstić information content (AvgIpc) is 3.70. The SMILES string of the molecule is CC1C=Cc2nc(-c3ccc(-c4ccc5c(-c6ccccc6-c6ccccc6)c6ccccc6c(C6=CC=CCC6c6ccccc6)c5c4)cc3)n(C3=CC=CCC3)c2C1. The van der Waals surface area contributed by atoms with E-state index in [0.717, 1.165) is 42.8 Å². The van der Waals surface area contributed by atoms with E-state index in [4.69, 9.17) is 4.98 Å². The number of hydrogen-bond acceptors (Lipinski definition) is 1. The van der Waals surface area contributed by atoms with Gasteiger partial charge in [-0.05, 0) is 121 Å². The normalized spacial score (nSPS) is 17.1. The fourth-order valence-electron chi connectivity index (χ4n) is 9.94. The van der Waals surface area contributed by atoms with E-state index < -0.39 is 0 Å². The Kier molecular flexibility index (Phi) is 9.19. The molecule has 0 fully saturated rings. The predicted molar refractivity (Wildman–Crippen MR) is 254 cm³/mol. The Bertz CT molecular complexity index is 3080. The van der Waals surface area contributed by atoms with Crippen LogP contribution in [0.5, 0.6) is 0 Å². The van der Waals surface area contributed by atoms with Crippen molar-refractivity contribution in [3.8, 4) is 44.8 Å². The molecule has 8 aromatic rings. The number of rotatable bonds is 7. The molecule has 11 rings (SSSR count). The molecule has 1 heterocycles. The fraction of sp³-hybridized carbons (Fsp3) is 0.121. The zero-order valence-corrected chi connectivity index (χ0v) is 33.9. The van der Waals surface area contributed by atoms with Crippen LogP contribution >= 0.6 is 0 Å². The molecule has 0 aliphatic heterocycles. The zero-order chi connectivity index (χ0) is 40.0. The van der Waals surface area contributed by atoms with E-state index in [0.29, 0.717) is 5.92 Å². The summed E-state index contributed by atoms with van der Waals surface area (Å²) in [6, 6.07) is 56.2. The van der Waals surface area contributed by atoms with Crippen LogP contribution in [0.2, 0.25) is 0 Å². The molecular formula is C58H46N2. The number of fused-ring (bicyclic) bond motifs is 3. The molecule has 0 saturated heterocycles. The van der Waals surface area contributed by atoms with Gasteiger partial charge >= 0.3 is 0 Å². The van der Waals surface area contributed by atoms with E-state index in [2.05, 4.69) is 212 Å². The predicted octanol–water partition coefficient (Wildman–Crippen LogP) is 15.4. The lowest BCUT2D eigenvalue weighted by molar-refractivity contribution is 0.686. The van der Waals surface area contributed by atoms with Crippen molar-refractivity contribution in [1.29, 1.82) is 0 Å². The summed E-state index contributed by atoms with van der Waals surface area (Å²) >= 11 is 0. The highest BCUT2D eigenvalue weighted by Gasteiger charge is 2.27. The van der Waals surface area contributed by atoms with Crippen molar-refractivity contribution in [2.24, 2.45) is 5.92 Å². The topological polar surface area (TPSA) is 17.8 Å². The molecule has 3 aliphatic rings. The Balaban J connectivity index is 1.12. The minimum Gasteiger partial charge on any atom is -0.300 e. The second-order valence-corrected chi connectivity index (χ2v) is 16.6. The summed E-state index contributed by atoms with van der Waals surface area (Å²) < 4.78 is 2.45. The molecule has 0 radical (unpaired) electrons. The van der Waals surface area contributed by atoms with Gasteiger partial charge < -0.3 is 0 Å². The van der Waals surface area contributed by atoms with Gasteiger partial charge in [0.2, 0.25) is 0 Å². The number of hydrogen-bond donors (Lipinski definition) is 0. The second-order valence-electron chi connectivity index (χ2n) is 16.6. The quantitative estimate of drug-likeness (QED) is 0.148. The van der Waals surface area contributed by atoms with Crippen molar-refractivity contribution >= 4 is 38.9 Å². The van der Waals surface area contributed by atoms with Gasteiger partial charge in [0.05, 0.1) is 11.4 Å². The summed E-state index contributed by atoms with van der Waals surface area (Å²) in [5.41, 5.74) is 16.3. The second kappa shape index (κ2) is 15.3. The third-order valence-electron chi connectivity index (χ3n) is 12.8. The van der Waals surface area contributed by atoms with Gasteiger partial charge in [0.25, 0.3) is 0 Å². The molecule has 2 nitrogen and oxygen atoms in total. The number of aromatic nitrogens is 2. The molecule has 2 atom stereocenters. The van der Waals surface area contributed by atoms with Crippen LogP contribution in [0.1, 0.15) is 54.6 Å². The maximum atomic E-state index is 5.27. The van der Waals surface area contributed by atoms with Crippen LogP contribution in [0.25, 0.3) is 83.7 Å². The summed E-state index contributed by atoms with van der Waals surface area (Å²) in [7, 11) is 0. The molecular weight excluding hydrogens is 725 g/mol. The van der Waals surface area contributed by atoms with Gasteiger partial charge in [0.15, 0.2) is 0 Å². The number of imidazole rings is 1. The molecule has 2 heteroatoms. The van der Waals surface area contributed by atoms with Crippen LogP contribution in [0, 0.1) is 5.92 Å². The first-order chi connectivity index (χ1) is 29.7. The van der Waals surface area contributed by atoms with Crippen molar-refractivity contribution < 1.29 is 0 Å². The first kappa shape index (κ1) is 36.1. The molecule has 0 N–H and O–H groups in total. The lowest BCUT2D eigenvalue weighted by Crippen LogP contribution is -2.11. The Morgan fingerprint density at radius 3 is 2.02 bits per heavy atom. The van der Waals surface area contributed by atoms with E-state index in [1.807, 2.05) is 0 Å². The minimum atomic E-state index is 0.246. The summed E-state index contributed by atoms with van der Waals surface area (Å²) in [6.07, 6.45) is 22.2.